The molecule has 3 nitrogen and oxygen atoms in total. The molecular weight excluding hydrogens is 176 g/mol. The van der Waals surface area contributed by atoms with Crippen LogP contribution in [0.25, 0.3) is 0 Å². The lowest BCUT2D eigenvalue weighted by molar-refractivity contribution is -0.118. The van der Waals surface area contributed by atoms with Crippen molar-refractivity contribution in [2.24, 2.45) is 5.73 Å². The Balaban J connectivity index is 3.41. The van der Waals surface area contributed by atoms with Crippen LogP contribution in [0, 0.1) is 0 Å². The van der Waals surface area contributed by atoms with E-state index in [1.165, 1.54) is 0 Å². The molecule has 84 valence electrons. The van der Waals surface area contributed by atoms with Gasteiger partial charge in [-0.1, -0.05) is 13.8 Å². The molecule has 14 heavy (non-hydrogen) atoms. The quantitative estimate of drug-likeness (QED) is 0.583. The zero-order valence-corrected chi connectivity index (χ0v) is 9.68. The molecule has 0 heterocycles. The Hall–Kier alpha value is -0.410. The first-order valence-corrected chi connectivity index (χ1v) is 5.61. The summed E-state index contributed by atoms with van der Waals surface area (Å²) in [7, 11) is 0. The van der Waals surface area contributed by atoms with Crippen LogP contribution in [0.5, 0.6) is 0 Å². The third-order valence-corrected chi connectivity index (χ3v) is 2.63. The standard InChI is InChI=1S/C11H24N2O/c1-4-10(5-2)13-8-6-7-11(12)9(3)14/h10-11,13H,4-8,12H2,1-3H3. The van der Waals surface area contributed by atoms with E-state index < -0.39 is 0 Å². The number of Topliss-reactive ketones (excluding diaryl/α,β-unsaturated/α-hetero) is 1. The first kappa shape index (κ1) is 13.6. The summed E-state index contributed by atoms with van der Waals surface area (Å²) in [6.07, 6.45) is 4.10. The van der Waals surface area contributed by atoms with Crippen LogP contribution < -0.4 is 11.1 Å². The van der Waals surface area contributed by atoms with Crippen LogP contribution in [-0.4, -0.2) is 24.4 Å². The predicted molar refractivity (Wildman–Crippen MR) is 60.3 cm³/mol. The van der Waals surface area contributed by atoms with Crippen LogP contribution in [0.15, 0.2) is 0 Å². The van der Waals surface area contributed by atoms with Crippen molar-refractivity contribution in [2.45, 2.75) is 58.5 Å². The molecule has 0 aliphatic heterocycles. The molecule has 0 rings (SSSR count). The largest absolute Gasteiger partial charge is 0.322 e. The fourth-order valence-electron chi connectivity index (χ4n) is 1.41. The Morgan fingerprint density at radius 2 is 1.93 bits per heavy atom. The van der Waals surface area contributed by atoms with Crippen LogP contribution >= 0.6 is 0 Å². The Morgan fingerprint density at radius 1 is 1.36 bits per heavy atom. The second kappa shape index (κ2) is 7.94. The number of ketones is 1. The van der Waals surface area contributed by atoms with E-state index in [1.54, 1.807) is 6.92 Å². The lowest BCUT2D eigenvalue weighted by atomic mass is 10.1. The van der Waals surface area contributed by atoms with Gasteiger partial charge in [-0.2, -0.15) is 0 Å². The molecule has 0 saturated carbocycles. The van der Waals surface area contributed by atoms with E-state index in [2.05, 4.69) is 19.2 Å². The van der Waals surface area contributed by atoms with Crippen LogP contribution in [0.3, 0.4) is 0 Å². The third kappa shape index (κ3) is 6.11. The molecule has 0 fully saturated rings. The van der Waals surface area contributed by atoms with Gasteiger partial charge in [0.1, 0.15) is 5.78 Å². The van der Waals surface area contributed by atoms with E-state index >= 15 is 0 Å². The van der Waals surface area contributed by atoms with Gasteiger partial charge in [0.05, 0.1) is 6.04 Å². The second-order valence-corrected chi connectivity index (χ2v) is 3.83. The van der Waals surface area contributed by atoms with Gasteiger partial charge in [0.25, 0.3) is 0 Å². The summed E-state index contributed by atoms with van der Waals surface area (Å²) in [6.45, 7) is 6.89. The maximum Gasteiger partial charge on any atom is 0.146 e. The lowest BCUT2D eigenvalue weighted by Crippen LogP contribution is -2.32. The average Bonchev–Trinajstić information content (AvgIpc) is 2.17. The second-order valence-electron chi connectivity index (χ2n) is 3.83. The number of carbonyl (C=O) groups is 1. The first-order valence-electron chi connectivity index (χ1n) is 5.61. The number of nitrogens with two attached hydrogens (primary N) is 1. The molecule has 0 radical (unpaired) electrons. The van der Waals surface area contributed by atoms with Gasteiger partial charge >= 0.3 is 0 Å². The normalized spacial score (nSPS) is 13.2. The van der Waals surface area contributed by atoms with E-state index in [0.29, 0.717) is 6.04 Å². The zero-order valence-electron chi connectivity index (χ0n) is 9.68. The summed E-state index contributed by atoms with van der Waals surface area (Å²) in [5, 5.41) is 3.45. The van der Waals surface area contributed by atoms with Crippen LogP contribution in [-0.2, 0) is 4.79 Å². The Labute approximate surface area is 87.4 Å². The highest BCUT2D eigenvalue weighted by molar-refractivity contribution is 5.80. The van der Waals surface area contributed by atoms with E-state index in [0.717, 1.165) is 32.2 Å². The van der Waals surface area contributed by atoms with Gasteiger partial charge in [-0.15, -0.1) is 0 Å². The summed E-state index contributed by atoms with van der Waals surface area (Å²) < 4.78 is 0. The average molecular weight is 200 g/mol. The predicted octanol–water partition coefficient (Wildman–Crippen LogP) is 1.46. The van der Waals surface area contributed by atoms with Gasteiger partial charge in [-0.25, -0.2) is 0 Å². The van der Waals surface area contributed by atoms with Gasteiger partial charge in [0, 0.05) is 6.04 Å². The summed E-state index contributed by atoms with van der Waals surface area (Å²) in [6, 6.07) is 0.349. The fraction of sp³-hybridized carbons (Fsp3) is 0.909. The van der Waals surface area contributed by atoms with E-state index in [9.17, 15) is 4.79 Å². The molecule has 3 heteroatoms. The molecular formula is C11H24N2O. The molecule has 0 aliphatic rings. The summed E-state index contributed by atoms with van der Waals surface area (Å²) in [5.41, 5.74) is 5.62. The maximum atomic E-state index is 10.8. The van der Waals surface area contributed by atoms with Crippen LogP contribution in [0.1, 0.15) is 46.5 Å². The smallest absolute Gasteiger partial charge is 0.146 e. The number of rotatable bonds is 8. The Bertz CT molecular complexity index is 155. The number of hydrogen-bond donors (Lipinski definition) is 2. The lowest BCUT2D eigenvalue weighted by Gasteiger charge is -2.15. The zero-order chi connectivity index (χ0) is 11.0. The van der Waals surface area contributed by atoms with Crippen molar-refractivity contribution < 1.29 is 4.79 Å². The van der Waals surface area contributed by atoms with Crippen molar-refractivity contribution in [3.8, 4) is 0 Å². The Morgan fingerprint density at radius 3 is 2.36 bits per heavy atom. The monoisotopic (exact) mass is 200 g/mol. The number of nitrogens with one attached hydrogen (secondary N) is 1. The third-order valence-electron chi connectivity index (χ3n) is 2.63. The van der Waals surface area contributed by atoms with Crippen molar-refractivity contribution in [3.63, 3.8) is 0 Å². The minimum Gasteiger partial charge on any atom is -0.322 e. The van der Waals surface area contributed by atoms with Gasteiger partial charge in [-0.05, 0) is 39.2 Å². The molecule has 1 unspecified atom stereocenters. The maximum absolute atomic E-state index is 10.8. The highest BCUT2D eigenvalue weighted by Gasteiger charge is 2.07. The van der Waals surface area contributed by atoms with Crippen molar-refractivity contribution in [3.05, 3.63) is 0 Å². The number of hydrogen-bond acceptors (Lipinski definition) is 3. The molecule has 1 atom stereocenters. The van der Waals surface area contributed by atoms with Crippen molar-refractivity contribution >= 4 is 5.78 Å². The Kier molecular flexibility index (Phi) is 7.71. The van der Waals surface area contributed by atoms with Crippen molar-refractivity contribution in [1.82, 2.24) is 5.32 Å². The van der Waals surface area contributed by atoms with Crippen LogP contribution in [0.2, 0.25) is 0 Å². The number of carbonyl (C=O) groups excluding carboxylic acids is 1. The minimum absolute atomic E-state index is 0.0903. The highest BCUT2D eigenvalue weighted by Crippen LogP contribution is 1.98. The van der Waals surface area contributed by atoms with Crippen molar-refractivity contribution in [1.29, 1.82) is 0 Å². The first-order chi connectivity index (χ1) is 6.61. The summed E-state index contributed by atoms with van der Waals surface area (Å²) >= 11 is 0. The molecule has 0 aromatic rings. The molecule has 0 aromatic carbocycles. The molecule has 3 N–H and O–H groups in total. The fourth-order valence-corrected chi connectivity index (χ4v) is 1.41. The van der Waals surface area contributed by atoms with E-state index in [1.807, 2.05) is 0 Å². The van der Waals surface area contributed by atoms with Crippen LogP contribution in [0.4, 0.5) is 0 Å². The molecule has 0 bridgehead atoms. The molecule has 0 spiro atoms. The molecule has 0 aromatic heterocycles. The van der Waals surface area contributed by atoms with Gasteiger partial charge in [0.15, 0.2) is 0 Å². The van der Waals surface area contributed by atoms with Gasteiger partial charge in [0.2, 0.25) is 0 Å². The van der Waals surface area contributed by atoms with Gasteiger partial charge in [-0.3, -0.25) is 4.79 Å². The topological polar surface area (TPSA) is 55.1 Å². The highest BCUT2D eigenvalue weighted by atomic mass is 16.1. The van der Waals surface area contributed by atoms with E-state index in [-0.39, 0.29) is 11.8 Å². The molecule has 0 saturated heterocycles. The minimum atomic E-state index is -0.265. The summed E-state index contributed by atoms with van der Waals surface area (Å²) in [4.78, 5) is 10.8. The molecule has 0 aliphatic carbocycles. The van der Waals surface area contributed by atoms with E-state index in [4.69, 9.17) is 5.73 Å². The van der Waals surface area contributed by atoms with Gasteiger partial charge < -0.3 is 11.1 Å². The molecule has 0 amide bonds. The summed E-state index contributed by atoms with van der Waals surface area (Å²) in [5.74, 6) is 0.0903. The van der Waals surface area contributed by atoms with Crippen molar-refractivity contribution in [2.75, 3.05) is 6.54 Å². The SMILES string of the molecule is CCC(CC)NCCCC(N)C(C)=O.